The second kappa shape index (κ2) is 14.0. The average molecular weight is 566 g/mol. The van der Waals surface area contributed by atoms with Gasteiger partial charge in [0.2, 0.25) is 11.8 Å². The number of hydrogen-bond acceptors (Lipinski definition) is 5. The van der Waals surface area contributed by atoms with Gasteiger partial charge in [-0.05, 0) is 56.5 Å². The summed E-state index contributed by atoms with van der Waals surface area (Å²) in [5, 5.41) is 2.90. The number of amides is 2. The van der Waals surface area contributed by atoms with Crippen LogP contribution in [0.4, 0.5) is 5.69 Å². The highest BCUT2D eigenvalue weighted by Gasteiger charge is 2.33. The molecule has 0 saturated carbocycles. The zero-order valence-corrected chi connectivity index (χ0v) is 24.7. The highest BCUT2D eigenvalue weighted by atomic mass is 32.2. The van der Waals surface area contributed by atoms with Gasteiger partial charge >= 0.3 is 0 Å². The van der Waals surface area contributed by atoms with E-state index in [0.717, 1.165) is 27.4 Å². The van der Waals surface area contributed by atoms with E-state index in [-0.39, 0.29) is 23.0 Å². The lowest BCUT2D eigenvalue weighted by Gasteiger charge is -2.33. The smallest absolute Gasteiger partial charge is 0.264 e. The Kier molecular flexibility index (Phi) is 10.7. The molecule has 8 nitrogen and oxygen atoms in total. The van der Waals surface area contributed by atoms with Gasteiger partial charge in [-0.1, -0.05) is 67.4 Å². The van der Waals surface area contributed by atoms with E-state index >= 15 is 0 Å². The number of benzene rings is 3. The lowest BCUT2D eigenvalue weighted by molar-refractivity contribution is -0.140. The monoisotopic (exact) mass is 565 g/mol. The third-order valence-corrected chi connectivity index (χ3v) is 8.39. The van der Waals surface area contributed by atoms with Gasteiger partial charge < -0.3 is 15.0 Å². The first kappa shape index (κ1) is 30.7. The second-order valence-corrected chi connectivity index (χ2v) is 11.6. The Morgan fingerprint density at radius 2 is 1.62 bits per heavy atom. The van der Waals surface area contributed by atoms with E-state index in [1.165, 1.54) is 24.1 Å². The molecule has 0 bridgehead atoms. The van der Waals surface area contributed by atoms with Crippen LogP contribution in [0.25, 0.3) is 0 Å². The Labute approximate surface area is 238 Å². The molecule has 0 aliphatic carbocycles. The molecular weight excluding hydrogens is 526 g/mol. The molecule has 3 aromatic rings. The number of hydrogen-bond donors (Lipinski definition) is 1. The van der Waals surface area contributed by atoms with Crippen molar-refractivity contribution in [3.8, 4) is 5.75 Å². The molecule has 9 heteroatoms. The van der Waals surface area contributed by atoms with Crippen molar-refractivity contribution < 1.29 is 22.7 Å². The van der Waals surface area contributed by atoms with Gasteiger partial charge in [0.25, 0.3) is 10.0 Å². The van der Waals surface area contributed by atoms with Gasteiger partial charge in [0.15, 0.2) is 0 Å². The fraction of sp³-hybridized carbons (Fsp3) is 0.355. The minimum absolute atomic E-state index is 0.0617. The zero-order valence-electron chi connectivity index (χ0n) is 23.9. The molecule has 3 rings (SSSR count). The highest BCUT2D eigenvalue weighted by molar-refractivity contribution is 7.92. The summed E-state index contributed by atoms with van der Waals surface area (Å²) in [6.07, 6.45) is 1.13. The molecule has 0 aliphatic heterocycles. The van der Waals surface area contributed by atoms with Crippen molar-refractivity contribution in [3.63, 3.8) is 0 Å². The number of aryl methyl sites for hydroxylation is 2. The van der Waals surface area contributed by atoms with Crippen molar-refractivity contribution in [2.75, 3.05) is 24.5 Å². The van der Waals surface area contributed by atoms with Gasteiger partial charge in [0.1, 0.15) is 18.3 Å². The SMILES string of the molecule is CCCNC(=O)[C@@H](CC)N(Cc1cccc(C)c1)C(=O)CN(c1cccc(OC)c1)S(=O)(=O)c1ccc(C)cc1. The first-order chi connectivity index (χ1) is 19.1. The topological polar surface area (TPSA) is 96.0 Å². The van der Waals surface area contributed by atoms with Crippen LogP contribution in [0.3, 0.4) is 0 Å². The molecule has 1 N–H and O–H groups in total. The van der Waals surface area contributed by atoms with Gasteiger partial charge in [0, 0.05) is 19.2 Å². The summed E-state index contributed by atoms with van der Waals surface area (Å²) < 4.78 is 34.3. The molecule has 0 unspecified atom stereocenters. The van der Waals surface area contributed by atoms with Gasteiger partial charge in [-0.2, -0.15) is 0 Å². The van der Waals surface area contributed by atoms with Crippen molar-refractivity contribution in [3.05, 3.63) is 89.5 Å². The summed E-state index contributed by atoms with van der Waals surface area (Å²) in [5.74, 6) is -0.297. The van der Waals surface area contributed by atoms with Crippen molar-refractivity contribution >= 4 is 27.5 Å². The number of sulfonamides is 1. The van der Waals surface area contributed by atoms with Crippen LogP contribution >= 0.6 is 0 Å². The first-order valence-electron chi connectivity index (χ1n) is 13.5. The van der Waals surface area contributed by atoms with E-state index in [9.17, 15) is 18.0 Å². The van der Waals surface area contributed by atoms with Gasteiger partial charge in [-0.15, -0.1) is 0 Å². The average Bonchev–Trinajstić information content (AvgIpc) is 2.94. The lowest BCUT2D eigenvalue weighted by Crippen LogP contribution is -2.52. The van der Waals surface area contributed by atoms with E-state index in [4.69, 9.17) is 4.74 Å². The van der Waals surface area contributed by atoms with E-state index in [2.05, 4.69) is 5.32 Å². The van der Waals surface area contributed by atoms with Crippen LogP contribution in [0.15, 0.2) is 77.7 Å². The first-order valence-corrected chi connectivity index (χ1v) is 14.9. The summed E-state index contributed by atoms with van der Waals surface area (Å²) in [4.78, 5) is 28.8. The number of nitrogens with one attached hydrogen (secondary N) is 1. The van der Waals surface area contributed by atoms with Crippen molar-refractivity contribution in [1.82, 2.24) is 10.2 Å². The second-order valence-electron chi connectivity index (χ2n) is 9.75. The van der Waals surface area contributed by atoms with Gasteiger partial charge in [-0.3, -0.25) is 13.9 Å². The summed E-state index contributed by atoms with van der Waals surface area (Å²) in [6.45, 7) is 7.78. The molecular formula is C31H39N3O5S. The molecule has 0 saturated heterocycles. The quantitative estimate of drug-likeness (QED) is 0.320. The maximum absolute atomic E-state index is 14.1. The molecule has 0 spiro atoms. The number of anilines is 1. The van der Waals surface area contributed by atoms with Gasteiger partial charge in [-0.25, -0.2) is 8.42 Å². The Balaban J connectivity index is 2.07. The van der Waals surface area contributed by atoms with E-state index in [1.807, 2.05) is 52.0 Å². The fourth-order valence-electron chi connectivity index (χ4n) is 4.42. The predicted octanol–water partition coefficient (Wildman–Crippen LogP) is 4.84. The zero-order chi connectivity index (χ0) is 29.3. The lowest BCUT2D eigenvalue weighted by atomic mass is 10.1. The van der Waals surface area contributed by atoms with Crippen LogP contribution in [-0.4, -0.2) is 51.4 Å². The number of ether oxygens (including phenoxy) is 1. The maximum atomic E-state index is 14.1. The summed E-state index contributed by atoms with van der Waals surface area (Å²) in [7, 11) is -2.65. The Bertz CT molecular complexity index is 1410. The van der Waals surface area contributed by atoms with Crippen molar-refractivity contribution in [2.24, 2.45) is 0 Å². The molecule has 214 valence electrons. The number of nitrogens with zero attached hydrogens (tertiary/aromatic N) is 2. The van der Waals surface area contributed by atoms with Gasteiger partial charge in [0.05, 0.1) is 17.7 Å². The van der Waals surface area contributed by atoms with Crippen molar-refractivity contribution in [2.45, 2.75) is 58.0 Å². The maximum Gasteiger partial charge on any atom is 0.264 e. The predicted molar refractivity (Wildman–Crippen MR) is 158 cm³/mol. The largest absolute Gasteiger partial charge is 0.497 e. The number of methoxy groups -OCH3 is 1. The van der Waals surface area contributed by atoms with E-state index in [1.54, 1.807) is 36.4 Å². The third-order valence-electron chi connectivity index (χ3n) is 6.60. The summed E-state index contributed by atoms with van der Waals surface area (Å²) in [5.41, 5.74) is 3.07. The van der Waals surface area contributed by atoms with E-state index in [0.29, 0.717) is 18.7 Å². The molecule has 0 radical (unpaired) electrons. The summed E-state index contributed by atoms with van der Waals surface area (Å²) >= 11 is 0. The number of rotatable bonds is 13. The molecule has 40 heavy (non-hydrogen) atoms. The standard InChI is InChI=1S/C31H39N3O5S/c1-6-18-32-31(36)29(7-2)33(21-25-11-8-10-24(4)19-25)30(35)22-34(26-12-9-13-27(20-26)39-5)40(37,38)28-16-14-23(3)15-17-28/h8-17,19-20,29H,6-7,18,21-22H2,1-5H3,(H,32,36)/t29-/m1/s1. The normalized spacial score (nSPS) is 11.9. The number of carbonyl (C=O) groups is 2. The van der Waals surface area contributed by atoms with Crippen LogP contribution in [0.1, 0.15) is 43.4 Å². The Morgan fingerprint density at radius 1 is 0.925 bits per heavy atom. The minimum Gasteiger partial charge on any atom is -0.497 e. The molecule has 2 amide bonds. The molecule has 0 aromatic heterocycles. The summed E-state index contributed by atoms with van der Waals surface area (Å²) in [6, 6.07) is 20.0. The minimum atomic E-state index is -4.14. The third kappa shape index (κ3) is 7.63. The van der Waals surface area contributed by atoms with Crippen LogP contribution in [0, 0.1) is 13.8 Å². The van der Waals surface area contributed by atoms with Crippen LogP contribution in [0.2, 0.25) is 0 Å². The molecule has 0 heterocycles. The van der Waals surface area contributed by atoms with E-state index < -0.39 is 28.5 Å². The van der Waals surface area contributed by atoms with Crippen LogP contribution in [0.5, 0.6) is 5.75 Å². The number of carbonyl (C=O) groups excluding carboxylic acids is 2. The van der Waals surface area contributed by atoms with Crippen LogP contribution in [-0.2, 0) is 26.2 Å². The Morgan fingerprint density at radius 3 is 2.25 bits per heavy atom. The molecule has 0 aliphatic rings. The Hall–Kier alpha value is -3.85. The molecule has 3 aromatic carbocycles. The highest BCUT2D eigenvalue weighted by Crippen LogP contribution is 2.28. The molecule has 0 fully saturated rings. The fourth-order valence-corrected chi connectivity index (χ4v) is 5.83. The molecule has 1 atom stereocenters. The van der Waals surface area contributed by atoms with Crippen molar-refractivity contribution in [1.29, 1.82) is 0 Å². The van der Waals surface area contributed by atoms with Crippen LogP contribution < -0.4 is 14.4 Å².